The van der Waals surface area contributed by atoms with Crippen LogP contribution in [0.1, 0.15) is 12.0 Å². The molecule has 2 aromatic rings. The van der Waals surface area contributed by atoms with E-state index in [1.54, 1.807) is 24.1 Å². The van der Waals surface area contributed by atoms with Crippen LogP contribution in [-0.2, 0) is 11.2 Å². The minimum Gasteiger partial charge on any atom is -0.365 e. The highest BCUT2D eigenvalue weighted by Gasteiger charge is 2.27. The molecule has 1 unspecified atom stereocenters. The maximum absolute atomic E-state index is 14.0. The van der Waals surface area contributed by atoms with Crippen molar-refractivity contribution in [2.24, 2.45) is 4.99 Å². The van der Waals surface area contributed by atoms with Crippen molar-refractivity contribution in [2.45, 2.75) is 18.9 Å². The Kier molecular flexibility index (Phi) is 7.75. The number of hydrogen-bond acceptors (Lipinski definition) is 3. The molecule has 166 valence electrons. The lowest BCUT2D eigenvalue weighted by Gasteiger charge is -2.21. The molecule has 1 fully saturated rings. The maximum atomic E-state index is 14.0. The number of hydrogen-bond donors (Lipinski definition) is 3. The predicted octanol–water partition coefficient (Wildman–Crippen LogP) is 2.21. The number of carbonyl (C=O) groups excluding carboxylic acids is 1. The quantitative estimate of drug-likeness (QED) is 0.356. The number of anilines is 1. The van der Waals surface area contributed by atoms with Gasteiger partial charge in [-0.25, -0.2) is 13.2 Å². The number of nitrogens with zero attached hydrogens (tertiary/aromatic N) is 2. The molecule has 1 saturated heterocycles. The number of aliphatic imine (C=N–C) groups is 1. The van der Waals surface area contributed by atoms with E-state index in [0.717, 1.165) is 0 Å². The summed E-state index contributed by atoms with van der Waals surface area (Å²) in [5.74, 6) is -1.17. The van der Waals surface area contributed by atoms with Crippen LogP contribution in [-0.4, -0.2) is 51.1 Å². The third-order valence-corrected chi connectivity index (χ3v) is 5.00. The molecule has 1 aliphatic heterocycles. The van der Waals surface area contributed by atoms with Gasteiger partial charge in [-0.05, 0) is 36.2 Å². The van der Waals surface area contributed by atoms with Crippen LogP contribution in [0.2, 0.25) is 0 Å². The maximum Gasteiger partial charge on any atom is 0.224 e. The number of benzene rings is 2. The highest BCUT2D eigenvalue weighted by molar-refractivity contribution is 5.80. The van der Waals surface area contributed by atoms with Crippen molar-refractivity contribution in [1.29, 1.82) is 0 Å². The van der Waals surface area contributed by atoms with Gasteiger partial charge in [-0.3, -0.25) is 9.79 Å². The molecule has 3 rings (SSSR count). The number of rotatable bonds is 7. The molecule has 31 heavy (non-hydrogen) atoms. The number of guanidine groups is 1. The first kappa shape index (κ1) is 22.5. The Morgan fingerprint density at radius 2 is 1.81 bits per heavy atom. The van der Waals surface area contributed by atoms with Crippen molar-refractivity contribution in [1.82, 2.24) is 16.0 Å². The van der Waals surface area contributed by atoms with Crippen molar-refractivity contribution in [3.63, 3.8) is 0 Å². The second kappa shape index (κ2) is 10.7. The second-order valence-electron chi connectivity index (χ2n) is 7.30. The van der Waals surface area contributed by atoms with Crippen LogP contribution in [0.3, 0.4) is 0 Å². The Labute approximate surface area is 179 Å². The van der Waals surface area contributed by atoms with E-state index in [1.807, 2.05) is 0 Å². The molecule has 1 atom stereocenters. The topological polar surface area (TPSA) is 68.8 Å². The number of para-hydroxylation sites is 1. The van der Waals surface area contributed by atoms with E-state index in [0.29, 0.717) is 44.1 Å². The molecule has 9 heteroatoms. The fourth-order valence-electron chi connectivity index (χ4n) is 3.54. The Balaban J connectivity index is 1.39. The van der Waals surface area contributed by atoms with Crippen molar-refractivity contribution in [3.8, 4) is 0 Å². The number of carbonyl (C=O) groups is 1. The van der Waals surface area contributed by atoms with E-state index in [4.69, 9.17) is 0 Å². The second-order valence-corrected chi connectivity index (χ2v) is 7.30. The largest absolute Gasteiger partial charge is 0.365 e. The Morgan fingerprint density at radius 1 is 1.10 bits per heavy atom. The lowest BCUT2D eigenvalue weighted by Crippen LogP contribution is -2.46. The van der Waals surface area contributed by atoms with Crippen molar-refractivity contribution >= 4 is 17.6 Å². The molecule has 1 aliphatic rings. The van der Waals surface area contributed by atoms with Gasteiger partial charge in [0.05, 0.1) is 6.42 Å². The molecule has 3 N–H and O–H groups in total. The molecule has 2 aromatic carbocycles. The fraction of sp³-hybridized carbons (Fsp3) is 0.364. The van der Waals surface area contributed by atoms with Crippen LogP contribution in [0, 0.1) is 17.5 Å². The monoisotopic (exact) mass is 433 g/mol. The van der Waals surface area contributed by atoms with Gasteiger partial charge < -0.3 is 20.9 Å². The summed E-state index contributed by atoms with van der Waals surface area (Å²) in [6.07, 6.45) is 0.814. The van der Waals surface area contributed by atoms with Crippen molar-refractivity contribution in [3.05, 3.63) is 65.5 Å². The van der Waals surface area contributed by atoms with Gasteiger partial charge in [0.1, 0.15) is 23.1 Å². The van der Waals surface area contributed by atoms with Gasteiger partial charge in [0, 0.05) is 39.3 Å². The molecule has 1 heterocycles. The summed E-state index contributed by atoms with van der Waals surface area (Å²) in [5, 5.41) is 9.10. The third-order valence-electron chi connectivity index (χ3n) is 5.00. The average molecular weight is 433 g/mol. The lowest BCUT2D eigenvalue weighted by molar-refractivity contribution is -0.120. The SMILES string of the molecule is CN=C(NCCNC(=O)Cc1cccc(F)c1)NC1CCN(c2c(F)cccc2F)C1. The summed E-state index contributed by atoms with van der Waals surface area (Å²) in [6, 6.07) is 9.77. The normalized spacial score (nSPS) is 16.3. The van der Waals surface area contributed by atoms with Gasteiger partial charge >= 0.3 is 0 Å². The first-order valence-corrected chi connectivity index (χ1v) is 10.1. The van der Waals surface area contributed by atoms with Crippen LogP contribution in [0.4, 0.5) is 18.9 Å². The highest BCUT2D eigenvalue weighted by Crippen LogP contribution is 2.26. The smallest absolute Gasteiger partial charge is 0.224 e. The Bertz CT molecular complexity index is 917. The van der Waals surface area contributed by atoms with Gasteiger partial charge in [0.25, 0.3) is 0 Å². The molecular formula is C22H26F3N5O. The summed E-state index contributed by atoms with van der Waals surface area (Å²) in [4.78, 5) is 17.8. The first-order valence-electron chi connectivity index (χ1n) is 10.1. The van der Waals surface area contributed by atoms with E-state index < -0.39 is 11.6 Å². The Hall–Kier alpha value is -3.23. The molecular weight excluding hydrogens is 407 g/mol. The zero-order valence-electron chi connectivity index (χ0n) is 17.3. The third kappa shape index (κ3) is 6.37. The van der Waals surface area contributed by atoms with Crippen LogP contribution in [0.15, 0.2) is 47.5 Å². The van der Waals surface area contributed by atoms with E-state index >= 15 is 0 Å². The van der Waals surface area contributed by atoms with Crippen molar-refractivity contribution in [2.75, 3.05) is 38.1 Å². The van der Waals surface area contributed by atoms with Gasteiger partial charge in [-0.1, -0.05) is 18.2 Å². The van der Waals surface area contributed by atoms with Crippen molar-refractivity contribution < 1.29 is 18.0 Å². The molecule has 1 amide bonds. The summed E-state index contributed by atoms with van der Waals surface area (Å²) < 4.78 is 41.2. The minimum atomic E-state index is -0.572. The van der Waals surface area contributed by atoms with Gasteiger partial charge in [0.2, 0.25) is 5.91 Å². The average Bonchev–Trinajstić information content (AvgIpc) is 3.18. The van der Waals surface area contributed by atoms with E-state index in [-0.39, 0.29) is 29.9 Å². The lowest BCUT2D eigenvalue weighted by atomic mass is 10.1. The van der Waals surface area contributed by atoms with Crippen LogP contribution in [0.25, 0.3) is 0 Å². The van der Waals surface area contributed by atoms with E-state index in [1.165, 1.54) is 30.3 Å². The van der Waals surface area contributed by atoms with Crippen LogP contribution >= 0.6 is 0 Å². The van der Waals surface area contributed by atoms with E-state index in [2.05, 4.69) is 20.9 Å². The van der Waals surface area contributed by atoms with E-state index in [9.17, 15) is 18.0 Å². The van der Waals surface area contributed by atoms with Crippen LogP contribution in [0.5, 0.6) is 0 Å². The zero-order valence-corrected chi connectivity index (χ0v) is 17.3. The fourth-order valence-corrected chi connectivity index (χ4v) is 3.54. The zero-order chi connectivity index (χ0) is 22.2. The van der Waals surface area contributed by atoms with Gasteiger partial charge in [-0.15, -0.1) is 0 Å². The standard InChI is InChI=1S/C22H26F3N5O/c1-26-22(28-10-9-27-20(31)13-15-4-2-5-16(23)12-15)29-17-8-11-30(14-17)21-18(24)6-3-7-19(21)25/h2-7,12,17H,8-11,13-14H2,1H3,(H,27,31)(H2,26,28,29). The molecule has 6 nitrogen and oxygen atoms in total. The molecule has 0 bridgehead atoms. The highest BCUT2D eigenvalue weighted by atomic mass is 19.1. The van der Waals surface area contributed by atoms with Gasteiger partial charge in [0.15, 0.2) is 5.96 Å². The predicted molar refractivity (Wildman–Crippen MR) is 115 cm³/mol. The van der Waals surface area contributed by atoms with Crippen LogP contribution < -0.4 is 20.9 Å². The molecule has 0 radical (unpaired) electrons. The van der Waals surface area contributed by atoms with Gasteiger partial charge in [-0.2, -0.15) is 0 Å². The summed E-state index contributed by atoms with van der Waals surface area (Å²) >= 11 is 0. The first-order chi connectivity index (χ1) is 15.0. The summed E-state index contributed by atoms with van der Waals surface area (Å²) in [5.41, 5.74) is 0.607. The number of amides is 1. The number of halogens is 3. The number of nitrogens with one attached hydrogen (secondary N) is 3. The molecule has 0 aromatic heterocycles. The summed E-state index contributed by atoms with van der Waals surface area (Å²) in [6.45, 7) is 1.78. The molecule has 0 aliphatic carbocycles. The Morgan fingerprint density at radius 3 is 2.52 bits per heavy atom. The summed E-state index contributed by atoms with van der Waals surface area (Å²) in [7, 11) is 1.63. The minimum absolute atomic E-state index is 0.00393. The molecule has 0 saturated carbocycles. The molecule has 0 spiro atoms.